The SMILES string of the molecule is CN(CCO)C(=O)CONC1=CCN(S(=O)(=O)c2cccc(C(F)(F)F)c2)CC1. The molecule has 0 saturated heterocycles. The topological polar surface area (TPSA) is 99.2 Å². The van der Waals surface area contributed by atoms with Gasteiger partial charge in [0.2, 0.25) is 10.0 Å². The Balaban J connectivity index is 1.95. The molecule has 1 aromatic rings. The number of amides is 1. The summed E-state index contributed by atoms with van der Waals surface area (Å²) in [5, 5.41) is 8.77. The average Bonchev–Trinajstić information content (AvgIpc) is 2.68. The summed E-state index contributed by atoms with van der Waals surface area (Å²) in [6.45, 7) is -0.286. The Morgan fingerprint density at radius 2 is 2.10 bits per heavy atom. The maximum absolute atomic E-state index is 12.8. The molecule has 8 nitrogen and oxygen atoms in total. The molecule has 2 N–H and O–H groups in total. The number of halogens is 3. The Morgan fingerprint density at radius 3 is 2.69 bits per heavy atom. The third-order valence-electron chi connectivity index (χ3n) is 4.23. The zero-order chi connectivity index (χ0) is 21.7. The van der Waals surface area contributed by atoms with Crippen molar-refractivity contribution in [3.05, 3.63) is 41.6 Å². The van der Waals surface area contributed by atoms with E-state index in [4.69, 9.17) is 9.94 Å². The van der Waals surface area contributed by atoms with E-state index in [0.29, 0.717) is 11.8 Å². The van der Waals surface area contributed by atoms with Gasteiger partial charge in [-0.25, -0.2) is 8.42 Å². The fourth-order valence-electron chi connectivity index (χ4n) is 2.52. The van der Waals surface area contributed by atoms with Gasteiger partial charge in [0.1, 0.15) is 0 Å². The van der Waals surface area contributed by atoms with E-state index in [1.807, 2.05) is 0 Å². The third-order valence-corrected chi connectivity index (χ3v) is 6.09. The highest BCUT2D eigenvalue weighted by molar-refractivity contribution is 7.89. The molecule has 1 amide bonds. The molecule has 162 valence electrons. The second kappa shape index (κ2) is 9.57. The van der Waals surface area contributed by atoms with Crippen LogP contribution in [-0.4, -0.2) is 68.5 Å². The summed E-state index contributed by atoms with van der Waals surface area (Å²) in [7, 11) is -2.57. The molecule has 0 aromatic heterocycles. The number of sulfonamides is 1. The summed E-state index contributed by atoms with van der Waals surface area (Å²) < 4.78 is 64.8. The lowest BCUT2D eigenvalue weighted by atomic mass is 10.2. The number of hydrogen-bond donors (Lipinski definition) is 2. The molecule has 0 saturated carbocycles. The number of hydrogen-bond acceptors (Lipinski definition) is 6. The van der Waals surface area contributed by atoms with Gasteiger partial charge in [0.15, 0.2) is 6.61 Å². The Kier molecular flexibility index (Phi) is 7.63. The Labute approximate surface area is 166 Å². The maximum Gasteiger partial charge on any atom is 0.416 e. The number of nitrogens with one attached hydrogen (secondary N) is 1. The van der Waals surface area contributed by atoms with Crippen molar-refractivity contribution in [1.29, 1.82) is 0 Å². The smallest absolute Gasteiger partial charge is 0.395 e. The molecule has 1 aliphatic heterocycles. The van der Waals surface area contributed by atoms with E-state index in [2.05, 4.69) is 5.48 Å². The molecular weight excluding hydrogens is 415 g/mol. The fourth-order valence-corrected chi connectivity index (χ4v) is 3.95. The van der Waals surface area contributed by atoms with Crippen LogP contribution in [0.15, 0.2) is 40.9 Å². The van der Waals surface area contributed by atoms with Gasteiger partial charge in [0.05, 0.1) is 17.1 Å². The van der Waals surface area contributed by atoms with Gasteiger partial charge in [-0.1, -0.05) is 6.07 Å². The number of likely N-dealkylation sites (N-methyl/N-ethyl adjacent to an activating group) is 1. The lowest BCUT2D eigenvalue weighted by molar-refractivity contribution is -0.138. The summed E-state index contributed by atoms with van der Waals surface area (Å²) in [6.07, 6.45) is -2.88. The van der Waals surface area contributed by atoms with E-state index in [1.54, 1.807) is 0 Å². The van der Waals surface area contributed by atoms with Crippen molar-refractivity contribution in [1.82, 2.24) is 14.7 Å². The number of carbonyl (C=O) groups excluding carboxylic acids is 1. The van der Waals surface area contributed by atoms with E-state index in [1.165, 1.54) is 18.0 Å². The van der Waals surface area contributed by atoms with Crippen LogP contribution >= 0.6 is 0 Å². The van der Waals surface area contributed by atoms with Crippen LogP contribution in [0.3, 0.4) is 0 Å². The van der Waals surface area contributed by atoms with E-state index in [9.17, 15) is 26.4 Å². The Morgan fingerprint density at radius 1 is 1.38 bits per heavy atom. The van der Waals surface area contributed by atoms with Crippen molar-refractivity contribution in [2.24, 2.45) is 0 Å². The fraction of sp³-hybridized carbons (Fsp3) is 0.471. The first-order chi connectivity index (χ1) is 13.6. The summed E-state index contributed by atoms with van der Waals surface area (Å²) in [5.41, 5.74) is 2.10. The number of alkyl halides is 3. The number of carbonyl (C=O) groups is 1. The van der Waals surface area contributed by atoms with Crippen LogP contribution < -0.4 is 5.48 Å². The maximum atomic E-state index is 12.8. The quantitative estimate of drug-likeness (QED) is 0.588. The monoisotopic (exact) mass is 437 g/mol. The molecule has 1 heterocycles. The molecule has 0 atom stereocenters. The second-order valence-corrected chi connectivity index (χ2v) is 8.24. The molecule has 0 radical (unpaired) electrons. The molecule has 0 aliphatic carbocycles. The van der Waals surface area contributed by atoms with Crippen LogP contribution in [0.5, 0.6) is 0 Å². The molecule has 0 bridgehead atoms. The highest BCUT2D eigenvalue weighted by Crippen LogP contribution is 2.31. The first-order valence-corrected chi connectivity index (χ1v) is 10.1. The van der Waals surface area contributed by atoms with Crippen molar-refractivity contribution < 1.29 is 36.3 Å². The van der Waals surface area contributed by atoms with Gasteiger partial charge < -0.3 is 10.0 Å². The molecule has 1 aromatic carbocycles. The van der Waals surface area contributed by atoms with Gasteiger partial charge in [0, 0.05) is 38.8 Å². The van der Waals surface area contributed by atoms with Crippen LogP contribution in [0, 0.1) is 0 Å². The Hall–Kier alpha value is -2.15. The molecule has 12 heteroatoms. The number of benzene rings is 1. The highest BCUT2D eigenvalue weighted by Gasteiger charge is 2.33. The van der Waals surface area contributed by atoms with Gasteiger partial charge in [-0.3, -0.25) is 15.1 Å². The highest BCUT2D eigenvalue weighted by atomic mass is 32.2. The zero-order valence-corrected chi connectivity index (χ0v) is 16.5. The third kappa shape index (κ3) is 6.16. The number of hydroxylamine groups is 1. The van der Waals surface area contributed by atoms with Crippen LogP contribution in [0.4, 0.5) is 13.2 Å². The normalized spacial score (nSPS) is 15.7. The molecule has 0 fully saturated rings. The van der Waals surface area contributed by atoms with Crippen LogP contribution in [0.2, 0.25) is 0 Å². The molecule has 1 aliphatic rings. The van der Waals surface area contributed by atoms with E-state index in [0.717, 1.165) is 22.5 Å². The summed E-state index contributed by atoms with van der Waals surface area (Å²) >= 11 is 0. The van der Waals surface area contributed by atoms with Crippen LogP contribution in [0.1, 0.15) is 12.0 Å². The van der Waals surface area contributed by atoms with Crippen molar-refractivity contribution in [3.8, 4) is 0 Å². The minimum atomic E-state index is -4.63. The van der Waals surface area contributed by atoms with Crippen molar-refractivity contribution >= 4 is 15.9 Å². The minimum Gasteiger partial charge on any atom is -0.395 e. The zero-order valence-electron chi connectivity index (χ0n) is 15.6. The number of aliphatic hydroxyl groups is 1. The van der Waals surface area contributed by atoms with Crippen LogP contribution in [0.25, 0.3) is 0 Å². The van der Waals surface area contributed by atoms with E-state index in [-0.39, 0.29) is 45.2 Å². The largest absolute Gasteiger partial charge is 0.416 e. The molecule has 0 spiro atoms. The average molecular weight is 437 g/mol. The van der Waals surface area contributed by atoms with Gasteiger partial charge in [-0.05, 0) is 24.3 Å². The van der Waals surface area contributed by atoms with Crippen molar-refractivity contribution in [3.63, 3.8) is 0 Å². The summed E-state index contributed by atoms with van der Waals surface area (Å²) in [4.78, 5) is 17.6. The molecule has 29 heavy (non-hydrogen) atoms. The molecule has 0 unspecified atom stereocenters. The van der Waals surface area contributed by atoms with Gasteiger partial charge >= 0.3 is 6.18 Å². The number of aliphatic hydroxyl groups excluding tert-OH is 1. The van der Waals surface area contributed by atoms with Crippen molar-refractivity contribution in [2.45, 2.75) is 17.5 Å². The lowest BCUT2D eigenvalue weighted by Crippen LogP contribution is -2.38. The number of nitrogens with zero attached hydrogens (tertiary/aromatic N) is 2. The van der Waals surface area contributed by atoms with Gasteiger partial charge in [0.25, 0.3) is 5.91 Å². The second-order valence-electron chi connectivity index (χ2n) is 6.30. The predicted molar refractivity (Wildman–Crippen MR) is 96.7 cm³/mol. The van der Waals surface area contributed by atoms with Crippen molar-refractivity contribution in [2.75, 3.05) is 39.9 Å². The van der Waals surface area contributed by atoms with E-state index >= 15 is 0 Å². The lowest BCUT2D eigenvalue weighted by Gasteiger charge is -2.26. The first kappa shape index (κ1) is 23.1. The Bertz CT molecular complexity index is 858. The predicted octanol–water partition coefficient (Wildman–Crippen LogP) is 0.956. The number of rotatable bonds is 8. The van der Waals surface area contributed by atoms with E-state index < -0.39 is 26.7 Å². The first-order valence-electron chi connectivity index (χ1n) is 8.65. The molecular formula is C17H22F3N3O5S. The molecule has 2 rings (SSSR count). The summed E-state index contributed by atoms with van der Waals surface area (Å²) in [5.74, 6) is -0.350. The summed E-state index contributed by atoms with van der Waals surface area (Å²) in [6, 6.07) is 3.61. The van der Waals surface area contributed by atoms with Crippen LogP contribution in [-0.2, 0) is 25.8 Å². The minimum absolute atomic E-state index is 0.0408. The van der Waals surface area contributed by atoms with Gasteiger partial charge in [-0.15, -0.1) is 0 Å². The van der Waals surface area contributed by atoms with Gasteiger partial charge in [-0.2, -0.15) is 17.5 Å². The standard InChI is InChI=1S/C17H22F3N3O5S/c1-22(9-10-24)16(25)12-28-21-14-5-7-23(8-6-14)29(26,27)15-4-2-3-13(11-15)17(18,19)20/h2-5,11,21,24H,6-10,12H2,1H3.